The molecule has 2 aromatic carbocycles. The molecule has 0 fully saturated rings. The third-order valence-corrected chi connectivity index (χ3v) is 3.60. The van der Waals surface area contributed by atoms with Gasteiger partial charge in [-0.3, -0.25) is 4.79 Å². The lowest BCUT2D eigenvalue weighted by Gasteiger charge is -2.17. The fourth-order valence-corrected chi connectivity index (χ4v) is 2.31. The van der Waals surface area contributed by atoms with E-state index in [-0.39, 0.29) is 5.91 Å². The number of carbonyl (C=O) groups is 1. The van der Waals surface area contributed by atoms with Crippen molar-refractivity contribution < 1.29 is 9.53 Å². The highest BCUT2D eigenvalue weighted by molar-refractivity contribution is 5.92. The van der Waals surface area contributed by atoms with Gasteiger partial charge in [0, 0.05) is 19.2 Å². The molecular formula is C18H21NO2. The second-order valence-corrected chi connectivity index (χ2v) is 5.09. The van der Waals surface area contributed by atoms with Crippen molar-refractivity contribution in [1.82, 2.24) is 0 Å². The van der Waals surface area contributed by atoms with Crippen LogP contribution in [0.1, 0.15) is 17.5 Å². The molecule has 0 radical (unpaired) electrons. The van der Waals surface area contributed by atoms with E-state index in [9.17, 15) is 4.79 Å². The third kappa shape index (κ3) is 3.85. The van der Waals surface area contributed by atoms with Crippen molar-refractivity contribution in [3.63, 3.8) is 0 Å². The first kappa shape index (κ1) is 15.1. The molecule has 0 saturated carbocycles. The van der Waals surface area contributed by atoms with Crippen LogP contribution in [0, 0.1) is 6.92 Å². The fraction of sp³-hybridized carbons (Fsp3) is 0.278. The maximum atomic E-state index is 12.2. The highest BCUT2D eigenvalue weighted by atomic mass is 16.5. The topological polar surface area (TPSA) is 29.5 Å². The molecule has 0 spiro atoms. The van der Waals surface area contributed by atoms with Crippen molar-refractivity contribution in [2.45, 2.75) is 19.8 Å². The first-order valence-corrected chi connectivity index (χ1v) is 7.07. The van der Waals surface area contributed by atoms with Gasteiger partial charge in [-0.25, -0.2) is 0 Å². The molecule has 0 heterocycles. The van der Waals surface area contributed by atoms with Gasteiger partial charge in [0.05, 0.1) is 7.11 Å². The summed E-state index contributed by atoms with van der Waals surface area (Å²) < 4.78 is 5.25. The Morgan fingerprint density at radius 3 is 2.48 bits per heavy atom. The third-order valence-electron chi connectivity index (χ3n) is 3.60. The fourth-order valence-electron chi connectivity index (χ4n) is 2.31. The zero-order chi connectivity index (χ0) is 15.2. The van der Waals surface area contributed by atoms with Crippen LogP contribution in [0.2, 0.25) is 0 Å². The number of aryl methyl sites for hydroxylation is 2. The molecule has 0 aliphatic carbocycles. The second-order valence-electron chi connectivity index (χ2n) is 5.09. The van der Waals surface area contributed by atoms with Gasteiger partial charge >= 0.3 is 0 Å². The Labute approximate surface area is 126 Å². The average molecular weight is 283 g/mol. The Kier molecular flexibility index (Phi) is 4.99. The Hall–Kier alpha value is -2.29. The van der Waals surface area contributed by atoms with Gasteiger partial charge < -0.3 is 9.64 Å². The Morgan fingerprint density at radius 2 is 1.86 bits per heavy atom. The van der Waals surface area contributed by atoms with Crippen LogP contribution in [0.25, 0.3) is 0 Å². The van der Waals surface area contributed by atoms with E-state index in [0.29, 0.717) is 6.42 Å². The van der Waals surface area contributed by atoms with Crippen LogP contribution in [0.3, 0.4) is 0 Å². The summed E-state index contributed by atoms with van der Waals surface area (Å²) in [7, 11) is 3.48. The maximum Gasteiger partial charge on any atom is 0.227 e. The summed E-state index contributed by atoms with van der Waals surface area (Å²) in [5.74, 6) is 1.00. The lowest BCUT2D eigenvalue weighted by Crippen LogP contribution is -2.26. The van der Waals surface area contributed by atoms with Gasteiger partial charge in [-0.2, -0.15) is 0 Å². The van der Waals surface area contributed by atoms with Crippen molar-refractivity contribution in [3.8, 4) is 5.75 Å². The predicted molar refractivity (Wildman–Crippen MR) is 85.9 cm³/mol. The molecule has 3 nitrogen and oxygen atoms in total. The lowest BCUT2D eigenvalue weighted by molar-refractivity contribution is -0.118. The SMILES string of the molecule is COc1ccc(CCC(=O)N(C)c2ccccc2)cc1C. The minimum Gasteiger partial charge on any atom is -0.496 e. The van der Waals surface area contributed by atoms with Crippen LogP contribution >= 0.6 is 0 Å². The molecule has 0 N–H and O–H groups in total. The van der Waals surface area contributed by atoms with Crippen LogP contribution in [-0.2, 0) is 11.2 Å². The van der Waals surface area contributed by atoms with Crippen LogP contribution in [0.15, 0.2) is 48.5 Å². The van der Waals surface area contributed by atoms with E-state index >= 15 is 0 Å². The number of nitrogens with zero attached hydrogens (tertiary/aromatic N) is 1. The van der Waals surface area contributed by atoms with Gasteiger partial charge in [0.2, 0.25) is 5.91 Å². The Balaban J connectivity index is 1.96. The average Bonchev–Trinajstić information content (AvgIpc) is 2.52. The molecule has 0 aromatic heterocycles. The quantitative estimate of drug-likeness (QED) is 0.839. The highest BCUT2D eigenvalue weighted by Crippen LogP contribution is 2.20. The van der Waals surface area contributed by atoms with Crippen LogP contribution in [0.5, 0.6) is 5.75 Å². The molecule has 110 valence electrons. The van der Waals surface area contributed by atoms with Crippen molar-refractivity contribution in [2.75, 3.05) is 19.1 Å². The van der Waals surface area contributed by atoms with E-state index in [2.05, 4.69) is 6.07 Å². The monoisotopic (exact) mass is 283 g/mol. The number of hydrogen-bond acceptors (Lipinski definition) is 2. The van der Waals surface area contributed by atoms with E-state index in [0.717, 1.165) is 29.0 Å². The van der Waals surface area contributed by atoms with Gasteiger partial charge in [-0.1, -0.05) is 30.3 Å². The number of anilines is 1. The van der Waals surface area contributed by atoms with E-state index in [1.807, 2.05) is 56.4 Å². The van der Waals surface area contributed by atoms with Crippen LogP contribution in [0.4, 0.5) is 5.69 Å². The summed E-state index contributed by atoms with van der Waals surface area (Å²) in [4.78, 5) is 13.9. The lowest BCUT2D eigenvalue weighted by atomic mass is 10.1. The first-order chi connectivity index (χ1) is 10.1. The van der Waals surface area contributed by atoms with Crippen LogP contribution in [-0.4, -0.2) is 20.1 Å². The van der Waals surface area contributed by atoms with Gasteiger partial charge in [-0.15, -0.1) is 0 Å². The van der Waals surface area contributed by atoms with Gasteiger partial charge in [0.25, 0.3) is 0 Å². The molecule has 2 rings (SSSR count). The first-order valence-electron chi connectivity index (χ1n) is 7.07. The summed E-state index contributed by atoms with van der Waals surface area (Å²) in [6, 6.07) is 15.7. The summed E-state index contributed by atoms with van der Waals surface area (Å²) >= 11 is 0. The van der Waals surface area contributed by atoms with Crippen molar-refractivity contribution in [1.29, 1.82) is 0 Å². The number of methoxy groups -OCH3 is 1. The van der Waals surface area contributed by atoms with E-state index in [4.69, 9.17) is 4.74 Å². The van der Waals surface area contributed by atoms with E-state index in [1.54, 1.807) is 12.0 Å². The number of amides is 1. The van der Waals surface area contributed by atoms with E-state index < -0.39 is 0 Å². The summed E-state index contributed by atoms with van der Waals surface area (Å²) in [6.45, 7) is 2.01. The molecule has 1 amide bonds. The molecule has 0 saturated heterocycles. The smallest absolute Gasteiger partial charge is 0.227 e. The van der Waals surface area contributed by atoms with Gasteiger partial charge in [0.15, 0.2) is 0 Å². The molecule has 3 heteroatoms. The van der Waals surface area contributed by atoms with Gasteiger partial charge in [-0.05, 0) is 42.7 Å². The van der Waals surface area contributed by atoms with Crippen molar-refractivity contribution in [2.24, 2.45) is 0 Å². The molecule has 21 heavy (non-hydrogen) atoms. The predicted octanol–water partition coefficient (Wildman–Crippen LogP) is 3.60. The van der Waals surface area contributed by atoms with Crippen molar-refractivity contribution >= 4 is 11.6 Å². The molecule has 0 bridgehead atoms. The molecular weight excluding hydrogens is 262 g/mol. The second kappa shape index (κ2) is 6.93. The van der Waals surface area contributed by atoms with Crippen LogP contribution < -0.4 is 9.64 Å². The largest absolute Gasteiger partial charge is 0.496 e. The molecule has 0 aliphatic rings. The summed E-state index contributed by atoms with van der Waals surface area (Å²) in [6.07, 6.45) is 1.23. The molecule has 2 aromatic rings. The summed E-state index contributed by atoms with van der Waals surface area (Å²) in [5, 5.41) is 0. The van der Waals surface area contributed by atoms with Crippen molar-refractivity contribution in [3.05, 3.63) is 59.7 Å². The Morgan fingerprint density at radius 1 is 1.14 bits per heavy atom. The number of carbonyl (C=O) groups excluding carboxylic acids is 1. The zero-order valence-electron chi connectivity index (χ0n) is 12.8. The maximum absolute atomic E-state index is 12.2. The molecule has 0 atom stereocenters. The van der Waals surface area contributed by atoms with E-state index in [1.165, 1.54) is 0 Å². The summed E-state index contributed by atoms with van der Waals surface area (Å²) in [5.41, 5.74) is 3.18. The molecule has 0 unspecified atom stereocenters. The number of rotatable bonds is 5. The van der Waals surface area contributed by atoms with Gasteiger partial charge in [0.1, 0.15) is 5.75 Å². The minimum atomic E-state index is 0.120. The Bertz CT molecular complexity index is 608. The number of para-hydroxylation sites is 1. The minimum absolute atomic E-state index is 0.120. The number of ether oxygens (including phenoxy) is 1. The number of benzene rings is 2. The molecule has 0 aliphatic heterocycles. The zero-order valence-corrected chi connectivity index (χ0v) is 12.8. The normalized spacial score (nSPS) is 10.2. The standard InChI is InChI=1S/C18H21NO2/c1-14-13-15(9-11-17(14)21-3)10-12-18(20)19(2)16-7-5-4-6-8-16/h4-9,11,13H,10,12H2,1-3H3. The highest BCUT2D eigenvalue weighted by Gasteiger charge is 2.10. The number of hydrogen-bond donors (Lipinski definition) is 0.